The molecule has 5 atom stereocenters. The van der Waals surface area contributed by atoms with E-state index in [1.807, 2.05) is 12.1 Å². The highest BCUT2D eigenvalue weighted by atomic mass is 16.5. The average molecular weight is 390 g/mol. The van der Waals surface area contributed by atoms with E-state index in [0.717, 1.165) is 63.4 Å². The number of hydrogen-bond acceptors (Lipinski definition) is 4. The van der Waals surface area contributed by atoms with Crippen LogP contribution >= 0.6 is 0 Å². The highest BCUT2D eigenvalue weighted by Crippen LogP contribution is 2.48. The number of carboxylic acid groups (broad SMARTS) is 1. The predicted octanol–water partition coefficient (Wildman–Crippen LogP) is 3.40. The van der Waals surface area contributed by atoms with E-state index in [0.29, 0.717) is 17.6 Å². The number of aliphatic hydroxyl groups is 2. The van der Waals surface area contributed by atoms with Crippen molar-refractivity contribution < 1.29 is 24.9 Å². The van der Waals surface area contributed by atoms with Gasteiger partial charge in [0.2, 0.25) is 0 Å². The summed E-state index contributed by atoms with van der Waals surface area (Å²) < 4.78 is 5.49. The molecule has 1 fully saturated rings. The van der Waals surface area contributed by atoms with Crippen LogP contribution in [0.5, 0.6) is 5.75 Å². The van der Waals surface area contributed by atoms with Crippen LogP contribution in [-0.4, -0.2) is 40.1 Å². The molecule has 5 nitrogen and oxygen atoms in total. The first-order chi connectivity index (χ1) is 13.5. The minimum Gasteiger partial charge on any atom is -0.482 e. The molecule has 1 aromatic rings. The van der Waals surface area contributed by atoms with Gasteiger partial charge in [0.1, 0.15) is 5.75 Å². The molecule has 0 heterocycles. The molecule has 0 aromatic heterocycles. The van der Waals surface area contributed by atoms with E-state index >= 15 is 0 Å². The van der Waals surface area contributed by atoms with Gasteiger partial charge in [-0.05, 0) is 86.3 Å². The fourth-order valence-corrected chi connectivity index (χ4v) is 5.16. The molecule has 1 saturated carbocycles. The fraction of sp³-hybridized carbons (Fsp3) is 0.652. The van der Waals surface area contributed by atoms with Crippen LogP contribution < -0.4 is 4.74 Å². The Labute approximate surface area is 167 Å². The van der Waals surface area contributed by atoms with Gasteiger partial charge in [0, 0.05) is 0 Å². The normalized spacial score (nSPS) is 27.1. The SMILES string of the molecule is [CH2+]CCCC[C@H](O)CC[C@@H]1[C@H]2Cc3cccc(OCC(=O)O)c3C[C@H]2C[C@H]1O. The summed E-state index contributed by atoms with van der Waals surface area (Å²) >= 11 is 0. The highest BCUT2D eigenvalue weighted by molar-refractivity contribution is 5.68. The molecule has 5 heteroatoms. The topological polar surface area (TPSA) is 87.0 Å². The number of ether oxygens (including phenoxy) is 1. The third-order valence-electron chi connectivity index (χ3n) is 6.57. The van der Waals surface area contributed by atoms with Crippen molar-refractivity contribution in [2.75, 3.05) is 6.61 Å². The minimum atomic E-state index is -0.976. The van der Waals surface area contributed by atoms with Crippen molar-refractivity contribution in [3.63, 3.8) is 0 Å². The maximum Gasteiger partial charge on any atom is 0.341 e. The van der Waals surface area contributed by atoms with Gasteiger partial charge in [-0.1, -0.05) is 12.1 Å². The number of hydrogen-bond donors (Lipinski definition) is 3. The predicted molar refractivity (Wildman–Crippen MR) is 107 cm³/mol. The zero-order valence-electron chi connectivity index (χ0n) is 16.6. The van der Waals surface area contributed by atoms with Crippen LogP contribution in [0, 0.1) is 24.7 Å². The van der Waals surface area contributed by atoms with Gasteiger partial charge in [-0.25, -0.2) is 4.79 Å². The second kappa shape index (κ2) is 9.66. The molecule has 28 heavy (non-hydrogen) atoms. The number of carbonyl (C=O) groups is 1. The molecular formula is C23H33O5+. The van der Waals surface area contributed by atoms with Crippen LogP contribution in [0.25, 0.3) is 0 Å². The third-order valence-corrected chi connectivity index (χ3v) is 6.57. The molecule has 0 aliphatic heterocycles. The maximum absolute atomic E-state index is 10.8. The number of fused-ring (bicyclic) bond motifs is 2. The lowest BCUT2D eigenvalue weighted by Crippen LogP contribution is -2.28. The van der Waals surface area contributed by atoms with Crippen molar-refractivity contribution in [1.29, 1.82) is 0 Å². The quantitative estimate of drug-likeness (QED) is 0.422. The lowest BCUT2D eigenvalue weighted by Gasteiger charge is -2.32. The number of benzene rings is 1. The lowest BCUT2D eigenvalue weighted by molar-refractivity contribution is -0.139. The molecule has 3 rings (SSSR count). The number of unbranched alkanes of at least 4 members (excludes halogenated alkanes) is 2. The Balaban J connectivity index is 1.62. The van der Waals surface area contributed by atoms with Crippen LogP contribution in [-0.2, 0) is 17.6 Å². The Morgan fingerprint density at radius 2 is 2.07 bits per heavy atom. The monoisotopic (exact) mass is 389 g/mol. The summed E-state index contributed by atoms with van der Waals surface area (Å²) in [7, 11) is 0. The van der Waals surface area contributed by atoms with E-state index in [-0.39, 0.29) is 24.7 Å². The Kier molecular flexibility index (Phi) is 7.24. The molecule has 2 aliphatic carbocycles. The summed E-state index contributed by atoms with van der Waals surface area (Å²) in [6.07, 6.45) is 7.29. The summed E-state index contributed by atoms with van der Waals surface area (Å²) in [5.41, 5.74) is 2.31. The Bertz CT molecular complexity index is 658. The third kappa shape index (κ3) is 5.00. The van der Waals surface area contributed by atoms with E-state index in [4.69, 9.17) is 9.84 Å². The number of aliphatic carboxylic acids is 1. The van der Waals surface area contributed by atoms with E-state index in [2.05, 4.69) is 13.0 Å². The van der Waals surface area contributed by atoms with E-state index in [1.54, 1.807) is 0 Å². The van der Waals surface area contributed by atoms with Crippen LogP contribution in [0.1, 0.15) is 56.1 Å². The molecule has 0 unspecified atom stereocenters. The Hall–Kier alpha value is -1.72. The van der Waals surface area contributed by atoms with Gasteiger partial charge in [-0.3, -0.25) is 0 Å². The van der Waals surface area contributed by atoms with Gasteiger partial charge in [0.15, 0.2) is 6.61 Å². The Morgan fingerprint density at radius 1 is 1.25 bits per heavy atom. The van der Waals surface area contributed by atoms with Crippen molar-refractivity contribution >= 4 is 5.97 Å². The molecular weight excluding hydrogens is 356 g/mol. The van der Waals surface area contributed by atoms with Crippen molar-refractivity contribution in [2.24, 2.45) is 17.8 Å². The van der Waals surface area contributed by atoms with Gasteiger partial charge in [-0.2, -0.15) is 0 Å². The molecule has 0 amide bonds. The second-order valence-electron chi connectivity index (χ2n) is 8.46. The Morgan fingerprint density at radius 3 is 2.82 bits per heavy atom. The fourth-order valence-electron chi connectivity index (χ4n) is 5.16. The first kappa shape index (κ1) is 21.0. The lowest BCUT2D eigenvalue weighted by atomic mass is 9.73. The van der Waals surface area contributed by atoms with Crippen LogP contribution in [0.4, 0.5) is 0 Å². The van der Waals surface area contributed by atoms with Gasteiger partial charge < -0.3 is 20.1 Å². The van der Waals surface area contributed by atoms with Crippen molar-refractivity contribution in [3.8, 4) is 5.75 Å². The van der Waals surface area contributed by atoms with Gasteiger partial charge in [0.25, 0.3) is 0 Å². The standard InChI is InChI=1S/C23H32O5/c1-2-3-4-7-17(24)9-10-18-19-11-15-6-5-8-22(28-14-23(26)27)20(15)12-16(19)13-21(18)25/h5-6,8,16-19,21,24-25H,1-4,7,9-14H2/p+1/t16-,17-,18+,19-,21+/m0/s1. The first-order valence-corrected chi connectivity index (χ1v) is 10.6. The molecule has 0 spiro atoms. The highest BCUT2D eigenvalue weighted by Gasteiger charge is 2.44. The molecule has 0 saturated heterocycles. The van der Waals surface area contributed by atoms with Crippen LogP contribution in [0.15, 0.2) is 18.2 Å². The summed E-state index contributed by atoms with van der Waals surface area (Å²) in [4.78, 5) is 10.8. The molecule has 0 radical (unpaired) electrons. The van der Waals surface area contributed by atoms with Crippen LogP contribution in [0.3, 0.4) is 0 Å². The summed E-state index contributed by atoms with van der Waals surface area (Å²) in [6.45, 7) is 3.51. The van der Waals surface area contributed by atoms with E-state index in [1.165, 1.54) is 5.56 Å². The first-order valence-electron chi connectivity index (χ1n) is 10.6. The molecule has 1 aromatic carbocycles. The average Bonchev–Trinajstić information content (AvgIpc) is 2.97. The number of carboxylic acids is 1. The minimum absolute atomic E-state index is 0.226. The van der Waals surface area contributed by atoms with Crippen LogP contribution in [0.2, 0.25) is 0 Å². The molecule has 2 aliphatic rings. The van der Waals surface area contributed by atoms with E-state index < -0.39 is 5.97 Å². The second-order valence-corrected chi connectivity index (χ2v) is 8.46. The molecule has 0 bridgehead atoms. The molecule has 154 valence electrons. The number of rotatable bonds is 10. The zero-order chi connectivity index (χ0) is 20.1. The molecule has 3 N–H and O–H groups in total. The van der Waals surface area contributed by atoms with Gasteiger partial charge in [0.05, 0.1) is 25.6 Å². The van der Waals surface area contributed by atoms with Crippen molar-refractivity contribution in [2.45, 2.75) is 70.0 Å². The van der Waals surface area contributed by atoms with E-state index in [9.17, 15) is 15.0 Å². The summed E-state index contributed by atoms with van der Waals surface area (Å²) in [5, 5.41) is 29.8. The maximum atomic E-state index is 10.8. The van der Waals surface area contributed by atoms with Gasteiger partial charge >= 0.3 is 5.97 Å². The zero-order valence-corrected chi connectivity index (χ0v) is 16.6. The van der Waals surface area contributed by atoms with Crippen molar-refractivity contribution in [1.82, 2.24) is 0 Å². The van der Waals surface area contributed by atoms with Gasteiger partial charge in [-0.15, -0.1) is 0 Å². The largest absolute Gasteiger partial charge is 0.482 e. The smallest absolute Gasteiger partial charge is 0.341 e. The van der Waals surface area contributed by atoms with Crippen molar-refractivity contribution in [3.05, 3.63) is 36.2 Å². The summed E-state index contributed by atoms with van der Waals surface area (Å²) in [5.74, 6) is 0.729. The number of aliphatic hydroxyl groups excluding tert-OH is 2. The summed E-state index contributed by atoms with van der Waals surface area (Å²) in [6, 6.07) is 5.85.